The van der Waals surface area contributed by atoms with Crippen molar-refractivity contribution in [3.8, 4) is 0 Å². The Morgan fingerprint density at radius 3 is 2.95 bits per heavy atom. The van der Waals surface area contributed by atoms with E-state index in [4.69, 9.17) is 4.74 Å². The molecule has 1 heterocycles. The van der Waals surface area contributed by atoms with Crippen molar-refractivity contribution in [3.63, 3.8) is 0 Å². The summed E-state index contributed by atoms with van der Waals surface area (Å²) >= 11 is 0. The molecule has 1 fully saturated rings. The minimum atomic E-state index is -0.112. The highest BCUT2D eigenvalue weighted by molar-refractivity contribution is 5.09. The Kier molecular flexibility index (Phi) is 5.22. The average Bonchev–Trinajstić information content (AvgIpc) is 2.88. The minimum absolute atomic E-state index is 0.112. The van der Waals surface area contributed by atoms with E-state index in [9.17, 15) is 0 Å². The van der Waals surface area contributed by atoms with Gasteiger partial charge < -0.3 is 14.6 Å². The molecule has 0 aromatic carbocycles. The Hall–Kier alpha value is -0.870. The lowest BCUT2D eigenvalue weighted by Gasteiger charge is -2.45. The number of ether oxygens (including phenoxy) is 1. The zero-order chi connectivity index (χ0) is 14.6. The molecule has 0 amide bonds. The average molecular weight is 279 g/mol. The molecule has 0 saturated heterocycles. The number of nitrogens with zero attached hydrogens (tertiary/aromatic N) is 2. The quantitative estimate of drug-likeness (QED) is 0.869. The van der Waals surface area contributed by atoms with Gasteiger partial charge in [0.05, 0.1) is 11.6 Å². The number of likely N-dealkylation sites (N-methyl/N-ethyl adjacent to an activating group) is 1. The van der Waals surface area contributed by atoms with Crippen molar-refractivity contribution >= 4 is 0 Å². The fraction of sp³-hybridized carbons (Fsp3) is 0.812. The first-order valence-corrected chi connectivity index (χ1v) is 7.99. The molecule has 0 bridgehead atoms. The van der Waals surface area contributed by atoms with Crippen molar-refractivity contribution in [2.24, 2.45) is 5.92 Å². The van der Waals surface area contributed by atoms with Gasteiger partial charge in [0.1, 0.15) is 5.82 Å². The first-order valence-electron chi connectivity index (χ1n) is 7.99. The molecule has 1 saturated carbocycles. The summed E-state index contributed by atoms with van der Waals surface area (Å²) < 4.78 is 8.52. The molecule has 114 valence electrons. The summed E-state index contributed by atoms with van der Waals surface area (Å²) in [5, 5.41) is 3.49. The monoisotopic (exact) mass is 279 g/mol. The van der Waals surface area contributed by atoms with Gasteiger partial charge in [0.25, 0.3) is 0 Å². The molecule has 4 nitrogen and oxygen atoms in total. The highest BCUT2D eigenvalue weighted by atomic mass is 16.5. The van der Waals surface area contributed by atoms with Crippen LogP contribution in [0.15, 0.2) is 12.4 Å². The molecule has 2 rings (SSSR count). The first-order chi connectivity index (χ1) is 9.66. The van der Waals surface area contributed by atoms with E-state index in [2.05, 4.69) is 41.8 Å². The van der Waals surface area contributed by atoms with E-state index < -0.39 is 0 Å². The van der Waals surface area contributed by atoms with Crippen molar-refractivity contribution in [2.45, 2.75) is 64.6 Å². The molecular formula is C16H29N3O. The topological polar surface area (TPSA) is 39.1 Å². The van der Waals surface area contributed by atoms with Gasteiger partial charge in [-0.2, -0.15) is 0 Å². The van der Waals surface area contributed by atoms with E-state index >= 15 is 0 Å². The summed E-state index contributed by atoms with van der Waals surface area (Å²) in [6.45, 7) is 8.31. The normalized spacial score (nSPS) is 28.5. The minimum Gasteiger partial charge on any atom is -0.373 e. The lowest BCUT2D eigenvalue weighted by atomic mass is 9.74. The molecule has 1 aliphatic carbocycles. The highest BCUT2D eigenvalue weighted by Crippen LogP contribution is 2.43. The molecule has 1 aromatic heterocycles. The predicted molar refractivity (Wildman–Crippen MR) is 81.7 cm³/mol. The zero-order valence-corrected chi connectivity index (χ0v) is 13.4. The van der Waals surface area contributed by atoms with Crippen LogP contribution in [-0.4, -0.2) is 28.8 Å². The molecule has 1 aliphatic rings. The molecule has 1 N–H and O–H groups in total. The third-order valence-electron chi connectivity index (χ3n) is 4.58. The SMILES string of the molecule is CCOC1(C(NC)c2nccn2CC)CCCC(C)C1. The summed E-state index contributed by atoms with van der Waals surface area (Å²) in [7, 11) is 2.03. The maximum Gasteiger partial charge on any atom is 0.128 e. The number of rotatable bonds is 6. The molecule has 4 heteroatoms. The van der Waals surface area contributed by atoms with Crippen LogP contribution in [0.5, 0.6) is 0 Å². The number of aryl methyl sites for hydroxylation is 1. The lowest BCUT2D eigenvalue weighted by Crippen LogP contribution is -2.49. The van der Waals surface area contributed by atoms with Gasteiger partial charge >= 0.3 is 0 Å². The molecule has 0 aliphatic heterocycles. The number of imidazole rings is 1. The van der Waals surface area contributed by atoms with Gasteiger partial charge in [0.15, 0.2) is 0 Å². The van der Waals surface area contributed by atoms with Gasteiger partial charge in [-0.25, -0.2) is 4.98 Å². The molecule has 0 radical (unpaired) electrons. The second-order valence-corrected chi connectivity index (χ2v) is 5.99. The molecule has 3 atom stereocenters. The van der Waals surface area contributed by atoms with E-state index in [0.29, 0.717) is 0 Å². The van der Waals surface area contributed by atoms with Crippen molar-refractivity contribution in [1.29, 1.82) is 0 Å². The Balaban J connectivity index is 2.34. The zero-order valence-electron chi connectivity index (χ0n) is 13.4. The fourth-order valence-corrected chi connectivity index (χ4v) is 3.78. The van der Waals surface area contributed by atoms with Crippen LogP contribution in [0, 0.1) is 5.92 Å². The number of hydrogen-bond acceptors (Lipinski definition) is 3. The van der Waals surface area contributed by atoms with E-state index in [1.54, 1.807) is 0 Å². The van der Waals surface area contributed by atoms with E-state index in [1.165, 1.54) is 12.8 Å². The van der Waals surface area contributed by atoms with Crippen molar-refractivity contribution in [3.05, 3.63) is 18.2 Å². The third-order valence-corrected chi connectivity index (χ3v) is 4.58. The Morgan fingerprint density at radius 2 is 2.35 bits per heavy atom. The van der Waals surface area contributed by atoms with Crippen LogP contribution < -0.4 is 5.32 Å². The van der Waals surface area contributed by atoms with Crippen LogP contribution in [-0.2, 0) is 11.3 Å². The summed E-state index contributed by atoms with van der Waals surface area (Å²) in [6.07, 6.45) is 8.75. The van der Waals surface area contributed by atoms with Crippen LogP contribution >= 0.6 is 0 Å². The summed E-state index contributed by atoms with van der Waals surface area (Å²) in [6, 6.07) is 0.167. The van der Waals surface area contributed by atoms with Crippen molar-refractivity contribution in [2.75, 3.05) is 13.7 Å². The van der Waals surface area contributed by atoms with Gasteiger partial charge in [-0.15, -0.1) is 0 Å². The number of nitrogens with one attached hydrogen (secondary N) is 1. The molecule has 20 heavy (non-hydrogen) atoms. The van der Waals surface area contributed by atoms with Crippen LogP contribution in [0.3, 0.4) is 0 Å². The maximum absolute atomic E-state index is 6.30. The number of aromatic nitrogens is 2. The second-order valence-electron chi connectivity index (χ2n) is 5.99. The Morgan fingerprint density at radius 1 is 1.55 bits per heavy atom. The van der Waals surface area contributed by atoms with Gasteiger partial charge in [0, 0.05) is 25.5 Å². The second kappa shape index (κ2) is 6.72. The van der Waals surface area contributed by atoms with E-state index in [0.717, 1.165) is 37.7 Å². The first kappa shape index (κ1) is 15.5. The third kappa shape index (κ3) is 2.91. The predicted octanol–water partition coefficient (Wildman–Crippen LogP) is 3.15. The largest absolute Gasteiger partial charge is 0.373 e. The smallest absolute Gasteiger partial charge is 0.128 e. The fourth-order valence-electron chi connectivity index (χ4n) is 3.78. The summed E-state index contributed by atoms with van der Waals surface area (Å²) in [5.41, 5.74) is -0.112. The van der Waals surface area contributed by atoms with Crippen LogP contribution in [0.2, 0.25) is 0 Å². The Labute approximate surface area is 122 Å². The van der Waals surface area contributed by atoms with Crippen LogP contribution in [0.25, 0.3) is 0 Å². The van der Waals surface area contributed by atoms with Gasteiger partial charge in [-0.1, -0.05) is 19.8 Å². The summed E-state index contributed by atoms with van der Waals surface area (Å²) in [4.78, 5) is 4.61. The standard InChI is InChI=1S/C16H29N3O/c1-5-19-11-10-18-15(19)14(17-4)16(20-6-2)9-7-8-13(3)12-16/h10-11,13-14,17H,5-9,12H2,1-4H3. The number of hydrogen-bond donors (Lipinski definition) is 1. The lowest BCUT2D eigenvalue weighted by molar-refractivity contribution is -0.102. The van der Waals surface area contributed by atoms with Crippen molar-refractivity contribution < 1.29 is 4.74 Å². The molecule has 1 aromatic rings. The molecule has 3 unspecified atom stereocenters. The van der Waals surface area contributed by atoms with Crippen molar-refractivity contribution in [1.82, 2.24) is 14.9 Å². The highest BCUT2D eigenvalue weighted by Gasteiger charge is 2.44. The molecular weight excluding hydrogens is 250 g/mol. The van der Waals surface area contributed by atoms with Gasteiger partial charge in [0.2, 0.25) is 0 Å². The summed E-state index contributed by atoms with van der Waals surface area (Å²) in [5.74, 6) is 1.83. The van der Waals surface area contributed by atoms with E-state index in [1.807, 2.05) is 13.2 Å². The van der Waals surface area contributed by atoms with Gasteiger partial charge in [-0.3, -0.25) is 0 Å². The van der Waals surface area contributed by atoms with Crippen LogP contribution in [0.1, 0.15) is 58.3 Å². The Bertz CT molecular complexity index is 414. The molecule has 0 spiro atoms. The van der Waals surface area contributed by atoms with E-state index in [-0.39, 0.29) is 11.6 Å². The van der Waals surface area contributed by atoms with Crippen LogP contribution in [0.4, 0.5) is 0 Å². The van der Waals surface area contributed by atoms with Gasteiger partial charge in [-0.05, 0) is 39.7 Å². The maximum atomic E-state index is 6.30.